The summed E-state index contributed by atoms with van der Waals surface area (Å²) in [6, 6.07) is -0.473. The topological polar surface area (TPSA) is 87.2 Å². The zero-order valence-electron chi connectivity index (χ0n) is 12.7. The average Bonchev–Trinajstić information content (AvgIpc) is 2.97. The van der Waals surface area contributed by atoms with Crippen molar-refractivity contribution >= 4 is 29.5 Å². The van der Waals surface area contributed by atoms with Gasteiger partial charge >= 0.3 is 5.97 Å². The molecule has 7 nitrogen and oxygen atoms in total. The highest BCUT2D eigenvalue weighted by atomic mass is 32.2. The first-order valence-electron chi connectivity index (χ1n) is 7.45. The van der Waals surface area contributed by atoms with Crippen molar-refractivity contribution in [2.45, 2.75) is 38.3 Å². The maximum atomic E-state index is 12.9. The van der Waals surface area contributed by atoms with Crippen LogP contribution >= 0.6 is 11.8 Å². The van der Waals surface area contributed by atoms with Crippen molar-refractivity contribution < 1.29 is 24.2 Å². The Bertz CT molecular complexity index is 439. The summed E-state index contributed by atoms with van der Waals surface area (Å²) in [6.07, 6.45) is 1.35. The van der Waals surface area contributed by atoms with E-state index in [9.17, 15) is 14.4 Å². The summed E-state index contributed by atoms with van der Waals surface area (Å²) in [6.45, 7) is 2.81. The number of carbonyl (C=O) groups excluding carboxylic acids is 2. The van der Waals surface area contributed by atoms with Crippen LogP contribution in [0.3, 0.4) is 0 Å². The van der Waals surface area contributed by atoms with Crippen molar-refractivity contribution in [2.24, 2.45) is 0 Å². The minimum atomic E-state index is -0.922. The molecule has 2 heterocycles. The van der Waals surface area contributed by atoms with Crippen LogP contribution in [0.2, 0.25) is 0 Å². The van der Waals surface area contributed by atoms with Crippen molar-refractivity contribution in [3.05, 3.63) is 0 Å². The summed E-state index contributed by atoms with van der Waals surface area (Å²) in [4.78, 5) is 38.6. The average molecular weight is 330 g/mol. The number of carboxylic acid groups (broad SMARTS) is 1. The third kappa shape index (κ3) is 4.13. The third-order valence-electron chi connectivity index (χ3n) is 4.05. The molecule has 2 rings (SSSR count). The van der Waals surface area contributed by atoms with Crippen LogP contribution in [-0.4, -0.2) is 76.2 Å². The van der Waals surface area contributed by atoms with Gasteiger partial charge in [-0.3, -0.25) is 14.4 Å². The maximum absolute atomic E-state index is 12.9. The van der Waals surface area contributed by atoms with Gasteiger partial charge in [0.15, 0.2) is 0 Å². The Kier molecular flexibility index (Phi) is 6.07. The van der Waals surface area contributed by atoms with E-state index < -0.39 is 12.0 Å². The summed E-state index contributed by atoms with van der Waals surface area (Å²) in [5, 5.41) is 8.92. The zero-order chi connectivity index (χ0) is 16.1. The highest BCUT2D eigenvalue weighted by Gasteiger charge is 2.38. The van der Waals surface area contributed by atoms with Crippen molar-refractivity contribution in [1.82, 2.24) is 9.80 Å². The Labute approximate surface area is 134 Å². The number of thioether (sulfide) groups is 1. The summed E-state index contributed by atoms with van der Waals surface area (Å²) in [5.41, 5.74) is 0. The summed E-state index contributed by atoms with van der Waals surface area (Å²) in [5.74, 6) is -0.0757. The van der Waals surface area contributed by atoms with Gasteiger partial charge in [-0.15, -0.1) is 11.8 Å². The SMILES string of the molecule is CC(=O)N1CSCC1C(=O)N(CCC(=O)O)C1CCOCC1. The minimum absolute atomic E-state index is 0.00000756. The first-order chi connectivity index (χ1) is 10.5. The van der Waals surface area contributed by atoms with E-state index >= 15 is 0 Å². The molecule has 0 aromatic rings. The third-order valence-corrected chi connectivity index (χ3v) is 5.07. The molecule has 0 radical (unpaired) electrons. The smallest absolute Gasteiger partial charge is 0.305 e. The first kappa shape index (κ1) is 17.1. The Hall–Kier alpha value is -1.28. The molecule has 2 saturated heterocycles. The molecule has 124 valence electrons. The molecule has 0 saturated carbocycles. The van der Waals surface area contributed by atoms with E-state index in [4.69, 9.17) is 9.84 Å². The predicted octanol–water partition coefficient (Wildman–Crippen LogP) is 0.390. The molecule has 1 unspecified atom stereocenters. The number of carbonyl (C=O) groups is 3. The van der Waals surface area contributed by atoms with Gasteiger partial charge in [-0.2, -0.15) is 0 Å². The van der Waals surface area contributed by atoms with E-state index in [1.165, 1.54) is 6.92 Å². The van der Waals surface area contributed by atoms with Crippen LogP contribution < -0.4 is 0 Å². The minimum Gasteiger partial charge on any atom is -0.481 e. The van der Waals surface area contributed by atoms with Crippen molar-refractivity contribution in [3.8, 4) is 0 Å². The van der Waals surface area contributed by atoms with Gasteiger partial charge < -0.3 is 19.6 Å². The lowest BCUT2D eigenvalue weighted by molar-refractivity contribution is -0.147. The molecule has 0 spiro atoms. The quantitative estimate of drug-likeness (QED) is 0.785. The predicted molar refractivity (Wildman–Crippen MR) is 81.4 cm³/mol. The summed E-state index contributed by atoms with van der Waals surface area (Å²) < 4.78 is 5.32. The highest BCUT2D eigenvalue weighted by molar-refractivity contribution is 7.99. The van der Waals surface area contributed by atoms with E-state index in [0.717, 1.165) is 0 Å². The molecule has 0 aliphatic carbocycles. The number of rotatable bonds is 5. The number of hydrogen-bond donors (Lipinski definition) is 1. The Morgan fingerprint density at radius 3 is 2.59 bits per heavy atom. The van der Waals surface area contributed by atoms with E-state index in [-0.39, 0.29) is 30.8 Å². The largest absolute Gasteiger partial charge is 0.481 e. The fraction of sp³-hybridized carbons (Fsp3) is 0.786. The van der Waals surface area contributed by atoms with E-state index in [1.807, 2.05) is 0 Å². The Morgan fingerprint density at radius 1 is 1.32 bits per heavy atom. The van der Waals surface area contributed by atoms with Gasteiger partial charge in [-0.1, -0.05) is 0 Å². The van der Waals surface area contributed by atoms with Crippen LogP contribution in [-0.2, 0) is 19.1 Å². The molecule has 0 aromatic carbocycles. The lowest BCUT2D eigenvalue weighted by atomic mass is 10.1. The molecule has 1 atom stereocenters. The standard InChI is InChI=1S/C14H22N2O5S/c1-10(17)16-9-22-8-12(16)14(20)15(5-2-13(18)19)11-3-6-21-7-4-11/h11-12H,2-9H2,1H3,(H,18,19). The number of amides is 2. The van der Waals surface area contributed by atoms with Crippen molar-refractivity contribution in [1.29, 1.82) is 0 Å². The van der Waals surface area contributed by atoms with Crippen LogP contribution in [0, 0.1) is 0 Å². The van der Waals surface area contributed by atoms with Gasteiger partial charge in [0.2, 0.25) is 11.8 Å². The van der Waals surface area contributed by atoms with Crippen molar-refractivity contribution in [2.75, 3.05) is 31.4 Å². The van der Waals surface area contributed by atoms with E-state index in [2.05, 4.69) is 0 Å². The van der Waals surface area contributed by atoms with Crippen LogP contribution in [0.5, 0.6) is 0 Å². The second-order valence-electron chi connectivity index (χ2n) is 5.52. The molecule has 2 fully saturated rings. The second kappa shape index (κ2) is 7.82. The molecule has 0 aromatic heterocycles. The number of ether oxygens (including phenoxy) is 1. The fourth-order valence-corrected chi connectivity index (χ4v) is 4.04. The van der Waals surface area contributed by atoms with Gasteiger partial charge in [0.1, 0.15) is 6.04 Å². The zero-order valence-corrected chi connectivity index (χ0v) is 13.5. The van der Waals surface area contributed by atoms with E-state index in [0.29, 0.717) is 37.7 Å². The Balaban J connectivity index is 2.10. The van der Waals surface area contributed by atoms with E-state index in [1.54, 1.807) is 21.6 Å². The Morgan fingerprint density at radius 2 is 2.00 bits per heavy atom. The molecule has 22 heavy (non-hydrogen) atoms. The number of hydrogen-bond acceptors (Lipinski definition) is 5. The lowest BCUT2D eigenvalue weighted by Crippen LogP contribution is -2.53. The normalized spacial score (nSPS) is 22.6. The molecule has 0 bridgehead atoms. The molecule has 2 aliphatic heterocycles. The van der Waals surface area contributed by atoms with Crippen LogP contribution in [0.4, 0.5) is 0 Å². The molecule has 2 amide bonds. The van der Waals surface area contributed by atoms with Crippen molar-refractivity contribution in [3.63, 3.8) is 0 Å². The second-order valence-corrected chi connectivity index (χ2v) is 6.52. The first-order valence-corrected chi connectivity index (χ1v) is 8.61. The van der Waals surface area contributed by atoms with Gasteiger partial charge in [0, 0.05) is 38.5 Å². The highest BCUT2D eigenvalue weighted by Crippen LogP contribution is 2.25. The summed E-state index contributed by atoms with van der Waals surface area (Å²) in [7, 11) is 0. The molecular formula is C14H22N2O5S. The lowest BCUT2D eigenvalue weighted by Gasteiger charge is -2.37. The number of nitrogens with zero attached hydrogens (tertiary/aromatic N) is 2. The van der Waals surface area contributed by atoms with Gasteiger partial charge in [0.25, 0.3) is 0 Å². The molecular weight excluding hydrogens is 308 g/mol. The monoisotopic (exact) mass is 330 g/mol. The van der Waals surface area contributed by atoms with Crippen LogP contribution in [0.1, 0.15) is 26.2 Å². The number of aliphatic carboxylic acids is 1. The summed E-state index contributed by atoms with van der Waals surface area (Å²) >= 11 is 1.55. The van der Waals surface area contributed by atoms with Crippen LogP contribution in [0.15, 0.2) is 0 Å². The van der Waals surface area contributed by atoms with Gasteiger partial charge in [0.05, 0.1) is 12.3 Å². The molecule has 2 aliphatic rings. The van der Waals surface area contributed by atoms with Crippen LogP contribution in [0.25, 0.3) is 0 Å². The van der Waals surface area contributed by atoms with Gasteiger partial charge in [-0.25, -0.2) is 0 Å². The maximum Gasteiger partial charge on any atom is 0.305 e. The number of carboxylic acids is 1. The fourth-order valence-electron chi connectivity index (χ4n) is 2.83. The molecule has 1 N–H and O–H groups in total. The molecule has 8 heteroatoms. The van der Waals surface area contributed by atoms with Gasteiger partial charge in [-0.05, 0) is 12.8 Å².